The number of fused-ring (bicyclic) bond motifs is 1. The summed E-state index contributed by atoms with van der Waals surface area (Å²) in [6, 6.07) is 42.5. The predicted octanol–water partition coefficient (Wildman–Crippen LogP) is 25.5. The first kappa shape index (κ1) is 121. The van der Waals surface area contributed by atoms with Crippen LogP contribution in [0.15, 0.2) is 121 Å². The molecule has 10 unspecified atom stereocenters. The van der Waals surface area contributed by atoms with E-state index in [0.717, 1.165) is 64.8 Å². The van der Waals surface area contributed by atoms with Crippen molar-refractivity contribution in [3.05, 3.63) is 144 Å². The standard InChI is InChI=1S/C13H22O3.4C10H14.3C9H16O3.4C6H12O2/c1-4-13(2,3)12(14)15-8-9-5-6-10-11(7-9)16-10;4*1-3-9(2)10-7-5-4-6-8-10;3*1-4-9(2,3)8(10)12-6-7-5-11-7;4*1-4-6(2,3)5(7)8/h9-11H,4-8H2,1-3H3;4*4-9H,3H2,1-2H3;3*7H,4-6H2,1-3H3;4*4H2,1-3H3,(H,7,8). The van der Waals surface area contributed by atoms with Gasteiger partial charge in [0.1, 0.15) is 38.1 Å². The van der Waals surface area contributed by atoms with Crippen LogP contribution in [0.25, 0.3) is 0 Å². The van der Waals surface area contributed by atoms with Gasteiger partial charge in [0.25, 0.3) is 0 Å². The van der Waals surface area contributed by atoms with Gasteiger partial charge >= 0.3 is 47.8 Å². The Labute approximate surface area is 751 Å². The molecule has 0 amide bonds. The summed E-state index contributed by atoms with van der Waals surface area (Å²) < 4.78 is 40.8. The van der Waals surface area contributed by atoms with Gasteiger partial charge in [-0.3, -0.25) is 38.4 Å². The summed E-state index contributed by atoms with van der Waals surface area (Å²) in [5.74, 6) is 0.0282. The zero-order valence-corrected chi connectivity index (χ0v) is 83.2. The summed E-state index contributed by atoms with van der Waals surface area (Å²) >= 11 is 0. The summed E-state index contributed by atoms with van der Waals surface area (Å²) in [5.41, 5.74) is 2.23. The van der Waals surface area contributed by atoms with E-state index >= 15 is 0 Å². The molecule has 20 nitrogen and oxygen atoms in total. The molecule has 4 aliphatic heterocycles. The maximum Gasteiger partial charge on any atom is 0.311 e. The number of benzene rings is 4. The van der Waals surface area contributed by atoms with E-state index in [0.29, 0.717) is 93.9 Å². The molecule has 20 heteroatoms. The number of hydrogen-bond donors (Lipinski definition) is 4. The Kier molecular flexibility index (Phi) is 60.1. The van der Waals surface area contributed by atoms with Crippen LogP contribution < -0.4 is 0 Å². The summed E-state index contributed by atoms with van der Waals surface area (Å²) in [6.45, 7) is 66.4. The lowest BCUT2D eigenvalue weighted by molar-refractivity contribution is -0.156. The maximum absolute atomic E-state index is 11.8. The molecule has 710 valence electrons. The second-order valence-electron chi connectivity index (χ2n) is 38.2. The maximum atomic E-state index is 11.8. The van der Waals surface area contributed by atoms with E-state index in [2.05, 4.69) is 177 Å². The molecule has 10 atom stereocenters. The highest BCUT2D eigenvalue weighted by Crippen LogP contribution is 2.40. The van der Waals surface area contributed by atoms with Crippen LogP contribution in [-0.4, -0.2) is 145 Å². The van der Waals surface area contributed by atoms with E-state index in [4.69, 9.17) is 58.3 Å². The molecule has 5 aliphatic rings. The van der Waals surface area contributed by atoms with Gasteiger partial charge in [-0.15, -0.1) is 0 Å². The predicted molar refractivity (Wildman–Crippen MR) is 503 cm³/mol. The summed E-state index contributed by atoms with van der Waals surface area (Å²) in [4.78, 5) is 86.8. The van der Waals surface area contributed by atoms with Crippen molar-refractivity contribution in [1.82, 2.24) is 0 Å². The average molecular weight is 1740 g/mol. The van der Waals surface area contributed by atoms with Gasteiger partial charge in [0.2, 0.25) is 0 Å². The monoisotopic (exact) mass is 1740 g/mol. The Morgan fingerprint density at radius 2 is 0.484 bits per heavy atom. The Hall–Kier alpha value is -7.52. The van der Waals surface area contributed by atoms with E-state index < -0.39 is 45.5 Å². The van der Waals surface area contributed by atoms with Crippen LogP contribution in [0.2, 0.25) is 0 Å². The number of rotatable bonds is 32. The second-order valence-corrected chi connectivity index (χ2v) is 38.2. The van der Waals surface area contributed by atoms with Crippen molar-refractivity contribution in [3.63, 3.8) is 0 Å². The number of carbonyl (C=O) groups excluding carboxylic acids is 4. The molecular formula is C104H174O20. The van der Waals surface area contributed by atoms with Gasteiger partial charge in [0, 0.05) is 0 Å². The Bertz CT molecular complexity index is 3130. The van der Waals surface area contributed by atoms with Crippen LogP contribution in [0, 0.1) is 49.2 Å². The van der Waals surface area contributed by atoms with Crippen molar-refractivity contribution in [1.29, 1.82) is 0 Å². The lowest BCUT2D eigenvalue weighted by Gasteiger charge is -2.24. The fraction of sp³-hybridized carbons (Fsp3) is 0.692. The number of hydrogen-bond acceptors (Lipinski definition) is 16. The summed E-state index contributed by atoms with van der Waals surface area (Å²) in [7, 11) is 0. The van der Waals surface area contributed by atoms with Crippen molar-refractivity contribution < 1.29 is 96.7 Å². The van der Waals surface area contributed by atoms with Crippen molar-refractivity contribution in [3.8, 4) is 0 Å². The third-order valence-corrected chi connectivity index (χ3v) is 24.5. The van der Waals surface area contributed by atoms with Gasteiger partial charge in [-0.2, -0.15) is 0 Å². The Morgan fingerprint density at radius 1 is 0.298 bits per heavy atom. The molecule has 4 heterocycles. The number of ether oxygens (including phenoxy) is 8. The number of carboxylic acids is 4. The first-order valence-electron chi connectivity index (χ1n) is 45.9. The number of epoxide rings is 4. The zero-order chi connectivity index (χ0) is 96.1. The molecule has 4 saturated heterocycles. The highest BCUT2D eigenvalue weighted by atomic mass is 16.6. The topological polar surface area (TPSA) is 305 Å². The first-order chi connectivity index (χ1) is 57.6. The molecule has 4 N–H and O–H groups in total. The molecule has 4 aromatic rings. The third kappa shape index (κ3) is 54.5. The van der Waals surface area contributed by atoms with Crippen molar-refractivity contribution >= 4 is 47.8 Å². The molecule has 0 radical (unpaired) electrons. The molecule has 0 bridgehead atoms. The quantitative estimate of drug-likeness (QED) is 0.0201. The zero-order valence-electron chi connectivity index (χ0n) is 83.2. The highest BCUT2D eigenvalue weighted by molar-refractivity contribution is 5.78. The lowest BCUT2D eigenvalue weighted by Crippen LogP contribution is -2.29. The molecule has 0 spiro atoms. The van der Waals surface area contributed by atoms with Gasteiger partial charge in [0.05, 0.1) is 82.0 Å². The van der Waals surface area contributed by atoms with Crippen molar-refractivity contribution in [2.24, 2.45) is 49.2 Å². The number of carboxylic acid groups (broad SMARTS) is 4. The molecule has 124 heavy (non-hydrogen) atoms. The summed E-state index contributed by atoms with van der Waals surface area (Å²) in [6.07, 6.45) is 15.7. The number of esters is 4. The lowest BCUT2D eigenvalue weighted by atomic mass is 9.89. The molecule has 1 saturated carbocycles. The molecule has 1 aliphatic carbocycles. The number of carbonyl (C=O) groups is 8. The van der Waals surface area contributed by atoms with E-state index in [9.17, 15) is 38.4 Å². The van der Waals surface area contributed by atoms with Crippen LogP contribution in [0.1, 0.15) is 364 Å². The van der Waals surface area contributed by atoms with Crippen molar-refractivity contribution in [2.45, 2.75) is 372 Å². The molecule has 4 aromatic carbocycles. The van der Waals surface area contributed by atoms with Crippen molar-refractivity contribution in [2.75, 3.05) is 46.2 Å². The smallest absolute Gasteiger partial charge is 0.311 e. The molecule has 0 aromatic heterocycles. The minimum absolute atomic E-state index is 0.0613. The fourth-order valence-electron chi connectivity index (χ4n) is 8.86. The van der Waals surface area contributed by atoms with E-state index in [-0.39, 0.29) is 63.8 Å². The minimum atomic E-state index is -0.722. The Morgan fingerprint density at radius 3 is 0.629 bits per heavy atom. The Balaban J connectivity index is -0.00000130. The molecule has 5 fully saturated rings. The largest absolute Gasteiger partial charge is 0.481 e. The first-order valence-corrected chi connectivity index (χ1v) is 45.9. The van der Waals surface area contributed by atoms with Crippen LogP contribution in [0.3, 0.4) is 0 Å². The fourth-order valence-corrected chi connectivity index (χ4v) is 8.86. The number of aliphatic carboxylic acids is 4. The van der Waals surface area contributed by atoms with E-state index in [1.165, 1.54) is 47.9 Å². The van der Waals surface area contributed by atoms with Crippen LogP contribution >= 0.6 is 0 Å². The van der Waals surface area contributed by atoms with Gasteiger partial charge in [-0.1, -0.05) is 232 Å². The second kappa shape index (κ2) is 61.8. The average Bonchev–Trinajstić information content (AvgIpc) is 1.66. The SMILES string of the molecule is CCC(C)(C)C(=O)O.CCC(C)(C)C(=O)O.CCC(C)(C)C(=O)O.CCC(C)(C)C(=O)O.CCC(C)(C)C(=O)OCC1CCC2OC2C1.CCC(C)(C)C(=O)OCC1CO1.CCC(C)(C)C(=O)OCC1CO1.CCC(C)(C)C(=O)OCC1CO1.CCC(C)c1ccccc1.CCC(C)c1ccccc1.CCC(C)c1ccccc1.CCC(C)c1ccccc1. The minimum Gasteiger partial charge on any atom is -0.481 e. The third-order valence-electron chi connectivity index (χ3n) is 24.5. The molecular weight excluding hydrogens is 1570 g/mol. The molecule has 9 rings (SSSR count). The van der Waals surface area contributed by atoms with E-state index in [1.807, 2.05) is 111 Å². The normalized spacial score (nSPS) is 17.8. The van der Waals surface area contributed by atoms with Gasteiger partial charge < -0.3 is 58.3 Å². The van der Waals surface area contributed by atoms with Gasteiger partial charge in [-0.25, -0.2) is 0 Å². The van der Waals surface area contributed by atoms with Gasteiger partial charge in [-0.05, 0) is 259 Å². The van der Waals surface area contributed by atoms with Crippen LogP contribution in [-0.2, 0) is 76.3 Å². The highest BCUT2D eigenvalue weighted by Gasteiger charge is 2.44. The summed E-state index contributed by atoms with van der Waals surface area (Å²) in [5, 5.41) is 33.8. The van der Waals surface area contributed by atoms with E-state index in [1.54, 1.807) is 55.4 Å². The van der Waals surface area contributed by atoms with Crippen LogP contribution in [0.5, 0.6) is 0 Å². The van der Waals surface area contributed by atoms with Gasteiger partial charge in [0.15, 0.2) is 0 Å². The van der Waals surface area contributed by atoms with Crippen LogP contribution in [0.4, 0.5) is 0 Å².